The van der Waals surface area contributed by atoms with Crippen LogP contribution >= 0.6 is 12.4 Å². The van der Waals surface area contributed by atoms with Crippen molar-refractivity contribution in [1.82, 2.24) is 10.6 Å². The van der Waals surface area contributed by atoms with Crippen molar-refractivity contribution in [3.05, 3.63) is 0 Å². The van der Waals surface area contributed by atoms with Gasteiger partial charge in [-0.15, -0.1) is 12.4 Å². The van der Waals surface area contributed by atoms with Crippen LogP contribution in [-0.2, 0) is 14.3 Å². The Morgan fingerprint density at radius 2 is 2.26 bits per heavy atom. The molecule has 1 amide bonds. The van der Waals surface area contributed by atoms with Crippen LogP contribution in [0.5, 0.6) is 0 Å². The lowest BCUT2D eigenvalue weighted by Gasteiger charge is -2.23. The monoisotopic (exact) mass is 292 g/mol. The van der Waals surface area contributed by atoms with E-state index in [1.807, 2.05) is 0 Å². The van der Waals surface area contributed by atoms with Gasteiger partial charge in [0.2, 0.25) is 5.91 Å². The van der Waals surface area contributed by atoms with Gasteiger partial charge < -0.3 is 20.1 Å². The summed E-state index contributed by atoms with van der Waals surface area (Å²) in [5, 5.41) is 6.32. The third kappa shape index (κ3) is 6.56. The van der Waals surface area contributed by atoms with E-state index in [0.717, 1.165) is 45.4 Å². The van der Waals surface area contributed by atoms with Crippen molar-refractivity contribution < 1.29 is 14.3 Å². The lowest BCUT2D eigenvalue weighted by atomic mass is 10.1. The Kier molecular flexibility index (Phi) is 8.37. The van der Waals surface area contributed by atoms with Gasteiger partial charge in [0, 0.05) is 25.6 Å². The Balaban J connectivity index is 0.00000180. The van der Waals surface area contributed by atoms with Crippen molar-refractivity contribution in [3.63, 3.8) is 0 Å². The molecule has 6 heteroatoms. The van der Waals surface area contributed by atoms with Crippen molar-refractivity contribution in [2.24, 2.45) is 0 Å². The molecule has 2 aliphatic rings. The summed E-state index contributed by atoms with van der Waals surface area (Å²) in [7, 11) is 0. The number of carbonyl (C=O) groups excluding carboxylic acids is 1. The summed E-state index contributed by atoms with van der Waals surface area (Å²) in [5.41, 5.74) is 0. The molecule has 112 valence electrons. The van der Waals surface area contributed by atoms with Crippen molar-refractivity contribution in [3.8, 4) is 0 Å². The molecule has 19 heavy (non-hydrogen) atoms. The quantitative estimate of drug-likeness (QED) is 0.713. The number of piperidine rings is 1. The smallest absolute Gasteiger partial charge is 0.222 e. The molecular weight excluding hydrogens is 268 g/mol. The number of amides is 1. The van der Waals surface area contributed by atoms with E-state index in [9.17, 15) is 4.79 Å². The van der Waals surface area contributed by atoms with Crippen LogP contribution in [0.3, 0.4) is 0 Å². The average Bonchev–Trinajstić information content (AvgIpc) is 2.89. The number of ether oxygens (including phenoxy) is 2. The fraction of sp³-hybridized carbons (Fsp3) is 0.923. The van der Waals surface area contributed by atoms with E-state index in [1.165, 1.54) is 0 Å². The van der Waals surface area contributed by atoms with Crippen LogP contribution in [0.15, 0.2) is 0 Å². The van der Waals surface area contributed by atoms with Gasteiger partial charge in [-0.2, -0.15) is 0 Å². The first-order chi connectivity index (χ1) is 8.84. The Hall–Kier alpha value is -0.360. The maximum absolute atomic E-state index is 11.7. The summed E-state index contributed by atoms with van der Waals surface area (Å²) < 4.78 is 10.9. The minimum absolute atomic E-state index is 0. The van der Waals surface area contributed by atoms with E-state index in [1.54, 1.807) is 0 Å². The summed E-state index contributed by atoms with van der Waals surface area (Å²) in [6.45, 7) is 3.92. The molecule has 0 aromatic rings. The highest BCUT2D eigenvalue weighted by molar-refractivity contribution is 5.85. The summed E-state index contributed by atoms with van der Waals surface area (Å²) in [5.74, 6) is 0.0936. The van der Waals surface area contributed by atoms with Crippen molar-refractivity contribution in [1.29, 1.82) is 0 Å². The number of halogens is 1. The van der Waals surface area contributed by atoms with Crippen LogP contribution in [-0.4, -0.2) is 51.0 Å². The van der Waals surface area contributed by atoms with E-state index in [-0.39, 0.29) is 24.4 Å². The predicted molar refractivity (Wildman–Crippen MR) is 75.7 cm³/mol. The highest BCUT2D eigenvalue weighted by atomic mass is 35.5. The van der Waals surface area contributed by atoms with Crippen LogP contribution < -0.4 is 10.6 Å². The number of carbonyl (C=O) groups is 1. The van der Waals surface area contributed by atoms with Crippen LogP contribution in [0.25, 0.3) is 0 Å². The zero-order chi connectivity index (χ0) is 12.6. The largest absolute Gasteiger partial charge is 0.378 e. The number of nitrogens with one attached hydrogen (secondary N) is 2. The molecule has 2 N–H and O–H groups in total. The highest BCUT2D eigenvalue weighted by Crippen LogP contribution is 2.11. The van der Waals surface area contributed by atoms with Gasteiger partial charge in [0.1, 0.15) is 0 Å². The first kappa shape index (κ1) is 16.7. The summed E-state index contributed by atoms with van der Waals surface area (Å²) in [6, 6.07) is 0.296. The van der Waals surface area contributed by atoms with E-state index in [2.05, 4.69) is 10.6 Å². The summed E-state index contributed by atoms with van der Waals surface area (Å²) >= 11 is 0. The molecule has 1 unspecified atom stereocenters. The van der Waals surface area contributed by atoms with Gasteiger partial charge in [0.15, 0.2) is 0 Å². The van der Waals surface area contributed by atoms with Crippen molar-refractivity contribution >= 4 is 18.3 Å². The van der Waals surface area contributed by atoms with E-state index < -0.39 is 0 Å². The Morgan fingerprint density at radius 3 is 2.95 bits per heavy atom. The molecule has 0 aromatic carbocycles. The second-order valence-corrected chi connectivity index (χ2v) is 5.07. The van der Waals surface area contributed by atoms with Gasteiger partial charge in [0.25, 0.3) is 0 Å². The van der Waals surface area contributed by atoms with Gasteiger partial charge in [0.05, 0.1) is 19.3 Å². The molecule has 2 rings (SSSR count). The van der Waals surface area contributed by atoms with Gasteiger partial charge >= 0.3 is 0 Å². The molecule has 0 saturated carbocycles. The third-order valence-corrected chi connectivity index (χ3v) is 3.46. The molecule has 2 aliphatic heterocycles. The van der Waals surface area contributed by atoms with E-state index in [4.69, 9.17) is 9.47 Å². The summed E-state index contributed by atoms with van der Waals surface area (Å²) in [6.07, 6.45) is 5.12. The molecule has 0 aliphatic carbocycles. The highest BCUT2D eigenvalue weighted by Gasteiger charge is 2.17. The zero-order valence-electron chi connectivity index (χ0n) is 11.4. The molecule has 0 radical (unpaired) electrons. The lowest BCUT2D eigenvalue weighted by molar-refractivity contribution is -0.123. The maximum Gasteiger partial charge on any atom is 0.222 e. The fourth-order valence-corrected chi connectivity index (χ4v) is 2.43. The minimum atomic E-state index is 0. The molecule has 5 nitrogen and oxygen atoms in total. The first-order valence-corrected chi connectivity index (χ1v) is 7.04. The van der Waals surface area contributed by atoms with E-state index >= 15 is 0 Å². The molecule has 0 spiro atoms. The lowest BCUT2D eigenvalue weighted by Crippen LogP contribution is -2.45. The van der Waals surface area contributed by atoms with Gasteiger partial charge in [-0.25, -0.2) is 0 Å². The van der Waals surface area contributed by atoms with Gasteiger partial charge in [-0.05, 0) is 32.2 Å². The SMILES string of the molecule is Cl.O=C(CCOCC1CCCO1)N[C@H]1CCCNC1. The maximum atomic E-state index is 11.7. The van der Waals surface area contributed by atoms with Gasteiger partial charge in [-0.3, -0.25) is 4.79 Å². The number of hydrogen-bond acceptors (Lipinski definition) is 4. The topological polar surface area (TPSA) is 59.6 Å². The normalized spacial score (nSPS) is 26.7. The predicted octanol–water partition coefficient (Wildman–Crippen LogP) is 0.862. The molecule has 2 fully saturated rings. The third-order valence-electron chi connectivity index (χ3n) is 3.46. The molecular formula is C13H25ClN2O3. The van der Waals surface area contributed by atoms with Crippen molar-refractivity contribution in [2.45, 2.75) is 44.2 Å². The average molecular weight is 293 g/mol. The van der Waals surface area contributed by atoms with Crippen LogP contribution in [0.4, 0.5) is 0 Å². The van der Waals surface area contributed by atoms with Crippen LogP contribution in [0.2, 0.25) is 0 Å². The number of rotatable bonds is 6. The molecule has 0 bridgehead atoms. The van der Waals surface area contributed by atoms with Crippen LogP contribution in [0, 0.1) is 0 Å². The molecule has 0 aromatic heterocycles. The number of hydrogen-bond donors (Lipinski definition) is 2. The molecule has 2 heterocycles. The zero-order valence-corrected chi connectivity index (χ0v) is 12.2. The fourth-order valence-electron chi connectivity index (χ4n) is 2.43. The molecule has 2 saturated heterocycles. The standard InChI is InChI=1S/C13H24N2O3.ClH/c16-13(15-11-3-1-6-14-9-11)5-8-17-10-12-4-2-7-18-12;/h11-12,14H,1-10H2,(H,15,16);1H/t11-,12?;/m0./s1. The Morgan fingerprint density at radius 1 is 1.37 bits per heavy atom. The van der Waals surface area contributed by atoms with E-state index in [0.29, 0.717) is 25.7 Å². The molecule has 2 atom stereocenters. The van der Waals surface area contributed by atoms with Gasteiger partial charge in [-0.1, -0.05) is 0 Å². The Labute approximate surface area is 121 Å². The Bertz CT molecular complexity index is 254. The van der Waals surface area contributed by atoms with Crippen LogP contribution in [0.1, 0.15) is 32.1 Å². The second kappa shape index (κ2) is 9.53. The minimum Gasteiger partial charge on any atom is -0.378 e. The summed E-state index contributed by atoms with van der Waals surface area (Å²) in [4.78, 5) is 11.7. The first-order valence-electron chi connectivity index (χ1n) is 7.04. The second-order valence-electron chi connectivity index (χ2n) is 5.07. The van der Waals surface area contributed by atoms with Crippen molar-refractivity contribution in [2.75, 3.05) is 32.9 Å².